The Bertz CT molecular complexity index is 599. The number of carboxylic acid groups (broad SMARTS) is 1. The third kappa shape index (κ3) is 4.24. The number of nitrogens with one attached hydrogen (secondary N) is 1. The van der Waals surface area contributed by atoms with Crippen molar-refractivity contribution in [1.29, 1.82) is 0 Å². The molecule has 0 radical (unpaired) electrons. The molecule has 0 spiro atoms. The van der Waals surface area contributed by atoms with Gasteiger partial charge in [-0.25, -0.2) is 22.9 Å². The van der Waals surface area contributed by atoms with Crippen molar-refractivity contribution in [2.24, 2.45) is 7.05 Å². The summed E-state index contributed by atoms with van der Waals surface area (Å²) in [5, 5.41) is 8.54. The minimum Gasteiger partial charge on any atom is -0.480 e. The molecule has 1 saturated heterocycles. The van der Waals surface area contributed by atoms with E-state index in [1.807, 2.05) is 0 Å². The van der Waals surface area contributed by atoms with E-state index in [9.17, 15) is 13.2 Å². The summed E-state index contributed by atoms with van der Waals surface area (Å²) in [5.74, 6) is -1.12. The molecule has 2 atom stereocenters. The number of carboxylic acids is 1. The highest BCUT2D eigenvalue weighted by atomic mass is 32.2. The molecule has 1 aromatic rings. The van der Waals surface area contributed by atoms with Crippen LogP contribution in [0.25, 0.3) is 0 Å². The minimum absolute atomic E-state index is 0.0894. The predicted molar refractivity (Wildman–Crippen MR) is 70.1 cm³/mol. The van der Waals surface area contributed by atoms with Crippen molar-refractivity contribution in [2.45, 2.75) is 23.6 Å². The zero-order valence-corrected chi connectivity index (χ0v) is 12.2. The highest BCUT2D eigenvalue weighted by Crippen LogP contribution is 2.15. The van der Waals surface area contributed by atoms with Crippen LogP contribution >= 0.6 is 0 Å². The summed E-state index contributed by atoms with van der Waals surface area (Å²) >= 11 is 0. The average molecular weight is 319 g/mol. The summed E-state index contributed by atoms with van der Waals surface area (Å²) < 4.78 is 38.8. The van der Waals surface area contributed by atoms with E-state index < -0.39 is 34.7 Å². The van der Waals surface area contributed by atoms with Crippen molar-refractivity contribution in [3.05, 3.63) is 12.5 Å². The molecule has 2 heterocycles. The molecule has 0 unspecified atom stereocenters. The van der Waals surface area contributed by atoms with Gasteiger partial charge in [0, 0.05) is 19.9 Å². The maximum Gasteiger partial charge on any atom is 0.329 e. The zero-order chi connectivity index (χ0) is 15.5. The van der Waals surface area contributed by atoms with Crippen molar-refractivity contribution in [2.75, 3.05) is 19.8 Å². The van der Waals surface area contributed by atoms with Crippen LogP contribution in [0.3, 0.4) is 0 Å². The molecular formula is C11H17N3O6S. The summed E-state index contributed by atoms with van der Waals surface area (Å²) in [4.78, 5) is 14.3. The molecule has 0 aliphatic carbocycles. The van der Waals surface area contributed by atoms with E-state index in [4.69, 9.17) is 14.6 Å². The molecule has 9 nitrogen and oxygen atoms in total. The number of carbonyl (C=O) groups is 1. The monoisotopic (exact) mass is 319 g/mol. The first-order chi connectivity index (χ1) is 9.88. The Morgan fingerprint density at radius 1 is 1.67 bits per heavy atom. The Hall–Kier alpha value is -1.49. The summed E-state index contributed by atoms with van der Waals surface area (Å²) in [6.07, 6.45) is 2.52. The number of hydrogen-bond acceptors (Lipinski definition) is 6. The van der Waals surface area contributed by atoms with Gasteiger partial charge in [0.1, 0.15) is 6.61 Å². The van der Waals surface area contributed by atoms with Gasteiger partial charge in [-0.15, -0.1) is 0 Å². The van der Waals surface area contributed by atoms with Crippen molar-refractivity contribution in [3.63, 3.8) is 0 Å². The molecule has 2 rings (SSSR count). The number of aryl methyl sites for hydroxylation is 1. The van der Waals surface area contributed by atoms with Gasteiger partial charge in [-0.3, -0.25) is 0 Å². The molecule has 0 aromatic carbocycles. The van der Waals surface area contributed by atoms with E-state index in [0.29, 0.717) is 13.0 Å². The molecule has 2 N–H and O–H groups in total. The lowest BCUT2D eigenvalue weighted by atomic mass is 10.1. The van der Waals surface area contributed by atoms with Crippen LogP contribution in [0, 0.1) is 0 Å². The summed E-state index contributed by atoms with van der Waals surface area (Å²) in [6, 6.07) is -0.551. The SMILES string of the molecule is Cn1cnc(S(=O)(=O)N[C@@H]2CCOC[C@H]2OCC(=O)O)c1. The van der Waals surface area contributed by atoms with E-state index in [1.54, 1.807) is 7.05 Å². The van der Waals surface area contributed by atoms with Gasteiger partial charge in [0.05, 0.1) is 25.1 Å². The van der Waals surface area contributed by atoms with Gasteiger partial charge in [-0.1, -0.05) is 0 Å². The predicted octanol–water partition coefficient (Wildman–Crippen LogP) is -1.04. The zero-order valence-electron chi connectivity index (χ0n) is 11.4. The fourth-order valence-corrected chi connectivity index (χ4v) is 3.26. The number of aromatic nitrogens is 2. The first-order valence-electron chi connectivity index (χ1n) is 6.30. The summed E-state index contributed by atoms with van der Waals surface area (Å²) in [6.45, 7) is 0.0147. The Kier molecular flexibility index (Phi) is 4.93. The van der Waals surface area contributed by atoms with Gasteiger partial charge in [0.25, 0.3) is 10.0 Å². The van der Waals surface area contributed by atoms with E-state index in [-0.39, 0.29) is 11.6 Å². The molecule has 0 saturated carbocycles. The Morgan fingerprint density at radius 3 is 3.05 bits per heavy atom. The lowest BCUT2D eigenvalue weighted by Crippen LogP contribution is -2.50. The Balaban J connectivity index is 2.06. The third-order valence-electron chi connectivity index (χ3n) is 2.99. The number of nitrogens with zero attached hydrogens (tertiary/aromatic N) is 2. The topological polar surface area (TPSA) is 120 Å². The third-order valence-corrected chi connectivity index (χ3v) is 4.36. The average Bonchev–Trinajstić information content (AvgIpc) is 2.85. The van der Waals surface area contributed by atoms with Gasteiger partial charge >= 0.3 is 5.97 Å². The normalized spacial score (nSPS) is 23.1. The maximum absolute atomic E-state index is 12.2. The molecule has 1 aliphatic heterocycles. The molecule has 0 bridgehead atoms. The lowest BCUT2D eigenvalue weighted by molar-refractivity contribution is -0.148. The van der Waals surface area contributed by atoms with Crippen LogP contribution in [-0.2, 0) is 31.3 Å². The Morgan fingerprint density at radius 2 is 2.43 bits per heavy atom. The lowest BCUT2D eigenvalue weighted by Gasteiger charge is -2.31. The number of hydrogen-bond donors (Lipinski definition) is 2. The molecule has 10 heteroatoms. The van der Waals surface area contributed by atoms with Crippen molar-refractivity contribution in [1.82, 2.24) is 14.3 Å². The first-order valence-corrected chi connectivity index (χ1v) is 7.78. The van der Waals surface area contributed by atoms with Crippen molar-refractivity contribution < 1.29 is 27.8 Å². The molecule has 118 valence electrons. The summed E-state index contributed by atoms with van der Waals surface area (Å²) in [5.41, 5.74) is 0. The number of imidazole rings is 1. The van der Waals surface area contributed by atoms with Crippen molar-refractivity contribution in [3.8, 4) is 0 Å². The van der Waals surface area contributed by atoms with Crippen LogP contribution in [0.1, 0.15) is 6.42 Å². The second kappa shape index (κ2) is 6.52. The van der Waals surface area contributed by atoms with Crippen LogP contribution < -0.4 is 4.72 Å². The number of rotatable bonds is 6. The standard InChI is InChI=1S/C11H17N3O6S/c1-14-4-10(12-7-14)21(17,18)13-8-2-3-19-5-9(8)20-6-11(15)16/h4,7-9,13H,2-3,5-6H2,1H3,(H,15,16)/t8-,9-/m1/s1. The van der Waals surface area contributed by atoms with Gasteiger partial charge < -0.3 is 19.1 Å². The van der Waals surface area contributed by atoms with Gasteiger partial charge in [-0.05, 0) is 6.42 Å². The second-order valence-electron chi connectivity index (χ2n) is 4.71. The number of sulfonamides is 1. The molecule has 0 amide bonds. The molecule has 1 aromatic heterocycles. The van der Waals surface area contributed by atoms with Gasteiger partial charge in [-0.2, -0.15) is 0 Å². The molecule has 1 aliphatic rings. The summed E-state index contributed by atoms with van der Waals surface area (Å²) in [7, 11) is -2.11. The Labute approximate surface area is 121 Å². The molecule has 21 heavy (non-hydrogen) atoms. The smallest absolute Gasteiger partial charge is 0.329 e. The quantitative estimate of drug-likeness (QED) is 0.687. The maximum atomic E-state index is 12.2. The highest BCUT2D eigenvalue weighted by Gasteiger charge is 2.32. The van der Waals surface area contributed by atoms with Gasteiger partial charge in [0.2, 0.25) is 0 Å². The van der Waals surface area contributed by atoms with Crippen LogP contribution in [0.5, 0.6) is 0 Å². The van der Waals surface area contributed by atoms with Crippen LogP contribution in [0.4, 0.5) is 0 Å². The number of ether oxygens (including phenoxy) is 2. The van der Waals surface area contributed by atoms with Crippen molar-refractivity contribution >= 4 is 16.0 Å². The van der Waals surface area contributed by atoms with Crippen LogP contribution in [0.15, 0.2) is 17.6 Å². The largest absolute Gasteiger partial charge is 0.480 e. The van der Waals surface area contributed by atoms with E-state index in [0.717, 1.165) is 0 Å². The van der Waals surface area contributed by atoms with Crippen LogP contribution in [-0.4, -0.2) is 61.0 Å². The first kappa shape index (κ1) is 15.9. The number of aliphatic carboxylic acids is 1. The fraction of sp³-hybridized carbons (Fsp3) is 0.636. The molecular weight excluding hydrogens is 302 g/mol. The van der Waals surface area contributed by atoms with Gasteiger partial charge in [0.15, 0.2) is 5.03 Å². The van der Waals surface area contributed by atoms with Crippen LogP contribution in [0.2, 0.25) is 0 Å². The van der Waals surface area contributed by atoms with E-state index >= 15 is 0 Å². The van der Waals surface area contributed by atoms with E-state index in [1.165, 1.54) is 17.1 Å². The van der Waals surface area contributed by atoms with E-state index in [2.05, 4.69) is 9.71 Å². The minimum atomic E-state index is -3.78. The second-order valence-corrected chi connectivity index (χ2v) is 6.37. The highest BCUT2D eigenvalue weighted by molar-refractivity contribution is 7.89. The fourth-order valence-electron chi connectivity index (χ4n) is 1.98. The molecule has 1 fully saturated rings.